The van der Waals surface area contributed by atoms with Crippen LogP contribution in [0.4, 0.5) is 0 Å². The molecule has 0 radical (unpaired) electrons. The molecular formula is C19H26BrClN2O2S. The monoisotopic (exact) mass is 460 g/mol. The molecule has 0 N–H and O–H groups in total. The average Bonchev–Trinajstić information content (AvgIpc) is 2.64. The summed E-state index contributed by atoms with van der Waals surface area (Å²) < 4.78 is 28.8. The lowest BCUT2D eigenvalue weighted by Gasteiger charge is -2.51. The van der Waals surface area contributed by atoms with Crippen LogP contribution in [0.5, 0.6) is 0 Å². The highest BCUT2D eigenvalue weighted by Crippen LogP contribution is 2.44. The van der Waals surface area contributed by atoms with E-state index in [9.17, 15) is 8.42 Å². The number of benzene rings is 1. The van der Waals surface area contributed by atoms with Gasteiger partial charge in [-0.25, -0.2) is 8.42 Å². The van der Waals surface area contributed by atoms with Crippen LogP contribution in [0.25, 0.3) is 0 Å². The van der Waals surface area contributed by atoms with Crippen molar-refractivity contribution in [1.82, 2.24) is 9.21 Å². The lowest BCUT2D eigenvalue weighted by atomic mass is 9.77. The molecule has 3 heterocycles. The predicted molar refractivity (Wildman–Crippen MR) is 109 cm³/mol. The molecule has 4 nitrogen and oxygen atoms in total. The van der Waals surface area contributed by atoms with E-state index in [0.717, 1.165) is 43.2 Å². The Balaban J connectivity index is 1.61. The highest BCUT2D eigenvalue weighted by molar-refractivity contribution is 9.10. The van der Waals surface area contributed by atoms with Gasteiger partial charge < -0.3 is 0 Å². The molecular weight excluding hydrogens is 436 g/mol. The molecule has 26 heavy (non-hydrogen) atoms. The van der Waals surface area contributed by atoms with E-state index in [2.05, 4.69) is 39.0 Å². The molecule has 144 valence electrons. The normalized spacial score (nSPS) is 29.7. The molecule has 1 aromatic rings. The molecule has 3 aliphatic rings. The fourth-order valence-corrected chi connectivity index (χ4v) is 7.60. The summed E-state index contributed by atoms with van der Waals surface area (Å²) in [5.41, 5.74) is 2.80. The molecule has 3 aliphatic heterocycles. The van der Waals surface area contributed by atoms with Crippen LogP contribution < -0.4 is 0 Å². The molecule has 0 spiro atoms. The molecule has 3 atom stereocenters. The number of hydrogen-bond acceptors (Lipinski definition) is 3. The van der Waals surface area contributed by atoms with Crippen molar-refractivity contribution in [3.63, 3.8) is 0 Å². The maximum Gasteiger partial charge on any atom is 0.214 e. The minimum atomic E-state index is -3.21. The molecule has 0 unspecified atom stereocenters. The van der Waals surface area contributed by atoms with Crippen LogP contribution in [-0.4, -0.2) is 54.9 Å². The summed E-state index contributed by atoms with van der Waals surface area (Å²) in [7, 11) is -3.21. The summed E-state index contributed by atoms with van der Waals surface area (Å²) in [6.07, 6.45) is 4.65. The van der Waals surface area contributed by atoms with Crippen LogP contribution in [0.2, 0.25) is 0 Å². The van der Waals surface area contributed by atoms with Gasteiger partial charge in [0.1, 0.15) is 0 Å². The number of hydrogen-bond donors (Lipinski definition) is 0. The number of piperidine rings is 2. The number of alkyl halides is 1. The predicted octanol–water partition coefficient (Wildman–Crippen LogP) is 3.79. The first-order chi connectivity index (χ1) is 12.5. The van der Waals surface area contributed by atoms with E-state index in [4.69, 9.17) is 11.6 Å². The van der Waals surface area contributed by atoms with Gasteiger partial charge >= 0.3 is 0 Å². The first kappa shape index (κ1) is 19.2. The Hall–Kier alpha value is -0.140. The van der Waals surface area contributed by atoms with Gasteiger partial charge in [0.05, 0.1) is 5.75 Å². The summed E-state index contributed by atoms with van der Waals surface area (Å²) in [5, 5.41) is 0. The number of halogens is 2. The SMILES string of the molecule is O=S(=O)(CCCCl)N1CCC[C@H]2CN3CCc4cc(Br)ccc4[C@@H]3C[C@H]21. The first-order valence-electron chi connectivity index (χ1n) is 9.57. The quantitative estimate of drug-likeness (QED) is 0.641. The zero-order valence-electron chi connectivity index (χ0n) is 14.9. The molecule has 0 aromatic heterocycles. The van der Waals surface area contributed by atoms with Gasteiger partial charge in [0.2, 0.25) is 10.0 Å². The lowest BCUT2D eigenvalue weighted by molar-refractivity contribution is 0.0220. The molecule has 4 rings (SSSR count). The third-order valence-corrected chi connectivity index (χ3v) is 9.00. The van der Waals surface area contributed by atoms with E-state index in [0.29, 0.717) is 30.8 Å². The van der Waals surface area contributed by atoms with E-state index < -0.39 is 10.0 Å². The zero-order chi connectivity index (χ0) is 18.3. The molecule has 1 aromatic carbocycles. The van der Waals surface area contributed by atoms with E-state index in [1.807, 2.05) is 4.31 Å². The second-order valence-corrected chi connectivity index (χ2v) is 11.1. The van der Waals surface area contributed by atoms with E-state index in [1.165, 1.54) is 11.1 Å². The van der Waals surface area contributed by atoms with Gasteiger partial charge in [0, 0.05) is 42.1 Å². The highest BCUT2D eigenvalue weighted by Gasteiger charge is 2.45. The van der Waals surface area contributed by atoms with Gasteiger partial charge in [0.15, 0.2) is 0 Å². The smallest absolute Gasteiger partial charge is 0.214 e. The van der Waals surface area contributed by atoms with Crippen LogP contribution in [0.3, 0.4) is 0 Å². The lowest BCUT2D eigenvalue weighted by Crippen LogP contribution is -2.57. The van der Waals surface area contributed by atoms with Crippen molar-refractivity contribution < 1.29 is 8.42 Å². The number of sulfonamides is 1. The Kier molecular flexibility index (Phi) is 5.69. The van der Waals surface area contributed by atoms with E-state index >= 15 is 0 Å². The topological polar surface area (TPSA) is 40.6 Å². The van der Waals surface area contributed by atoms with Crippen molar-refractivity contribution in [2.24, 2.45) is 5.92 Å². The van der Waals surface area contributed by atoms with Crippen molar-refractivity contribution in [2.75, 3.05) is 31.3 Å². The minimum Gasteiger partial charge on any atom is -0.296 e. The standard InChI is InChI=1S/C19H26BrClN2O2S/c20-16-4-5-17-14(11-16)6-9-22-13-15-3-1-8-23(18(15)12-19(17)22)26(24,25)10-2-7-21/h4-5,11,15,18-19H,1-3,6-10,12-13H2/t15-,18+,19-/m0/s1. The summed E-state index contributed by atoms with van der Waals surface area (Å²) in [5.74, 6) is 1.04. The van der Waals surface area contributed by atoms with Crippen LogP contribution in [-0.2, 0) is 16.4 Å². The van der Waals surface area contributed by atoms with Gasteiger partial charge in [-0.3, -0.25) is 4.90 Å². The summed E-state index contributed by atoms with van der Waals surface area (Å²) in [6.45, 7) is 2.77. The number of fused-ring (bicyclic) bond motifs is 4. The third-order valence-electron chi connectivity index (χ3n) is 6.27. The maximum absolute atomic E-state index is 12.9. The van der Waals surface area contributed by atoms with Gasteiger partial charge in [0.25, 0.3) is 0 Å². The average molecular weight is 462 g/mol. The molecule has 2 fully saturated rings. The van der Waals surface area contributed by atoms with Crippen molar-refractivity contribution in [2.45, 2.75) is 44.2 Å². The second kappa shape index (κ2) is 7.70. The van der Waals surface area contributed by atoms with Gasteiger partial charge in [-0.15, -0.1) is 11.6 Å². The Morgan fingerprint density at radius 2 is 2.12 bits per heavy atom. The Morgan fingerprint density at radius 3 is 2.92 bits per heavy atom. The fourth-order valence-electron chi connectivity index (χ4n) is 5.08. The largest absolute Gasteiger partial charge is 0.296 e. The molecule has 0 bridgehead atoms. The Bertz CT molecular complexity index is 773. The Morgan fingerprint density at radius 1 is 1.27 bits per heavy atom. The molecule has 2 saturated heterocycles. The summed E-state index contributed by atoms with van der Waals surface area (Å²) >= 11 is 9.33. The number of nitrogens with zero attached hydrogens (tertiary/aromatic N) is 2. The second-order valence-electron chi connectivity index (χ2n) is 7.78. The highest BCUT2D eigenvalue weighted by atomic mass is 79.9. The van der Waals surface area contributed by atoms with Crippen molar-refractivity contribution in [1.29, 1.82) is 0 Å². The number of rotatable bonds is 4. The summed E-state index contributed by atoms with van der Waals surface area (Å²) in [4.78, 5) is 2.59. The minimum absolute atomic E-state index is 0.139. The van der Waals surface area contributed by atoms with Crippen LogP contribution in [0, 0.1) is 5.92 Å². The zero-order valence-corrected chi connectivity index (χ0v) is 18.1. The van der Waals surface area contributed by atoms with Crippen LogP contribution in [0.1, 0.15) is 42.9 Å². The molecule has 0 saturated carbocycles. The molecule has 7 heteroatoms. The van der Waals surface area contributed by atoms with Gasteiger partial charge in [-0.1, -0.05) is 22.0 Å². The van der Waals surface area contributed by atoms with E-state index in [1.54, 1.807) is 0 Å². The maximum atomic E-state index is 12.9. The van der Waals surface area contributed by atoms with Crippen LogP contribution in [0.15, 0.2) is 22.7 Å². The fraction of sp³-hybridized carbons (Fsp3) is 0.684. The van der Waals surface area contributed by atoms with Crippen LogP contribution >= 0.6 is 27.5 Å². The summed E-state index contributed by atoms with van der Waals surface area (Å²) in [6, 6.07) is 7.06. The molecule has 0 amide bonds. The third kappa shape index (κ3) is 3.60. The Labute approximate surface area is 170 Å². The van der Waals surface area contributed by atoms with Crippen molar-refractivity contribution in [3.05, 3.63) is 33.8 Å². The van der Waals surface area contributed by atoms with Gasteiger partial charge in [-0.05, 0) is 61.3 Å². The first-order valence-corrected chi connectivity index (χ1v) is 12.5. The van der Waals surface area contributed by atoms with Crippen molar-refractivity contribution >= 4 is 37.6 Å². The van der Waals surface area contributed by atoms with Gasteiger partial charge in [-0.2, -0.15) is 4.31 Å². The van der Waals surface area contributed by atoms with Crippen molar-refractivity contribution in [3.8, 4) is 0 Å². The molecule has 0 aliphatic carbocycles. The van der Waals surface area contributed by atoms with E-state index in [-0.39, 0.29) is 11.8 Å².